The molecule has 19 heavy (non-hydrogen) atoms. The van der Waals surface area contributed by atoms with Gasteiger partial charge in [0.25, 0.3) is 5.91 Å². The number of hydrogen-bond donors (Lipinski definition) is 3. The Balaban J connectivity index is 2.98. The van der Waals surface area contributed by atoms with E-state index in [4.69, 9.17) is 5.84 Å². The minimum Gasteiger partial charge on any atom is -0.290 e. The van der Waals surface area contributed by atoms with Crippen LogP contribution < -0.4 is 16.0 Å². The maximum absolute atomic E-state index is 12.1. The highest BCUT2D eigenvalue weighted by Crippen LogP contribution is 2.12. The maximum Gasteiger partial charge on any atom is 0.265 e. The molecule has 0 spiro atoms. The Morgan fingerprint density at radius 2 is 2.11 bits per heavy atom. The number of carbonyl (C=O) groups excluding carboxylic acids is 1. The van der Waals surface area contributed by atoms with Gasteiger partial charge < -0.3 is 0 Å². The van der Waals surface area contributed by atoms with E-state index in [0.717, 1.165) is 12.8 Å². The molecule has 0 aromatic heterocycles. The lowest BCUT2D eigenvalue weighted by Gasteiger charge is -2.13. The molecule has 0 bridgehead atoms. The predicted molar refractivity (Wildman–Crippen MR) is 72.8 cm³/mol. The van der Waals surface area contributed by atoms with Gasteiger partial charge in [0.2, 0.25) is 10.0 Å². The van der Waals surface area contributed by atoms with Gasteiger partial charge in [0, 0.05) is 11.6 Å². The van der Waals surface area contributed by atoms with E-state index in [9.17, 15) is 13.2 Å². The molecule has 0 aliphatic carbocycles. The zero-order valence-corrected chi connectivity index (χ0v) is 11.8. The summed E-state index contributed by atoms with van der Waals surface area (Å²) in [6.07, 6.45) is 1.64. The zero-order valence-electron chi connectivity index (χ0n) is 11.0. The standard InChI is InChI=1S/C12H19N3O3S/c1-3-5-9(2)15-19(17,18)11-7-4-6-10(8-11)12(16)14-13/h4,6-9,15H,3,5,13H2,1-2H3,(H,14,16)/t9-/m0/s1. The molecule has 0 aliphatic rings. The summed E-state index contributed by atoms with van der Waals surface area (Å²) in [6, 6.07) is 5.58. The SMILES string of the molecule is CCC[C@H](C)NS(=O)(=O)c1cccc(C(=O)NN)c1. The molecule has 0 saturated carbocycles. The third-order valence-electron chi connectivity index (χ3n) is 2.62. The van der Waals surface area contributed by atoms with Crippen molar-refractivity contribution in [1.82, 2.24) is 10.1 Å². The Morgan fingerprint density at radius 1 is 1.42 bits per heavy atom. The van der Waals surface area contributed by atoms with Crippen LogP contribution in [0.4, 0.5) is 0 Å². The Hall–Kier alpha value is -1.44. The van der Waals surface area contributed by atoms with Crippen molar-refractivity contribution in [1.29, 1.82) is 0 Å². The van der Waals surface area contributed by atoms with Crippen molar-refractivity contribution in [2.45, 2.75) is 37.6 Å². The first-order valence-corrected chi connectivity index (χ1v) is 7.52. The number of carbonyl (C=O) groups is 1. The van der Waals surface area contributed by atoms with Crippen LogP contribution in [0.3, 0.4) is 0 Å². The van der Waals surface area contributed by atoms with E-state index < -0.39 is 15.9 Å². The summed E-state index contributed by atoms with van der Waals surface area (Å²) in [5.74, 6) is 4.49. The molecule has 4 N–H and O–H groups in total. The van der Waals surface area contributed by atoms with Gasteiger partial charge in [-0.3, -0.25) is 10.2 Å². The summed E-state index contributed by atoms with van der Waals surface area (Å²) >= 11 is 0. The summed E-state index contributed by atoms with van der Waals surface area (Å²) in [5.41, 5.74) is 2.17. The Kier molecular flexibility index (Phi) is 5.46. The smallest absolute Gasteiger partial charge is 0.265 e. The normalized spacial score (nSPS) is 13.0. The van der Waals surface area contributed by atoms with Crippen LogP contribution in [-0.4, -0.2) is 20.4 Å². The Morgan fingerprint density at radius 3 is 2.68 bits per heavy atom. The molecule has 1 aromatic carbocycles. The highest BCUT2D eigenvalue weighted by Gasteiger charge is 2.18. The lowest BCUT2D eigenvalue weighted by Crippen LogP contribution is -2.33. The van der Waals surface area contributed by atoms with Crippen LogP contribution in [0, 0.1) is 0 Å². The van der Waals surface area contributed by atoms with Crippen LogP contribution in [0.2, 0.25) is 0 Å². The molecular formula is C12H19N3O3S. The second-order valence-electron chi connectivity index (χ2n) is 4.31. The van der Waals surface area contributed by atoms with E-state index in [2.05, 4.69) is 4.72 Å². The molecule has 1 aromatic rings. The maximum atomic E-state index is 12.1. The van der Waals surface area contributed by atoms with E-state index in [1.165, 1.54) is 24.3 Å². The Bertz CT molecular complexity index is 543. The van der Waals surface area contributed by atoms with Crippen molar-refractivity contribution in [3.05, 3.63) is 29.8 Å². The van der Waals surface area contributed by atoms with Gasteiger partial charge in [-0.15, -0.1) is 0 Å². The number of nitrogen functional groups attached to an aromatic ring is 1. The van der Waals surface area contributed by atoms with Crippen molar-refractivity contribution in [2.75, 3.05) is 0 Å². The number of hydrogen-bond acceptors (Lipinski definition) is 4. The zero-order chi connectivity index (χ0) is 14.5. The average molecular weight is 285 g/mol. The van der Waals surface area contributed by atoms with E-state index in [-0.39, 0.29) is 16.5 Å². The summed E-state index contributed by atoms with van der Waals surface area (Å²) in [5, 5.41) is 0. The van der Waals surface area contributed by atoms with E-state index in [1.807, 2.05) is 12.3 Å². The van der Waals surface area contributed by atoms with Crippen molar-refractivity contribution >= 4 is 15.9 Å². The Labute approximate surface area is 113 Å². The molecule has 1 rings (SSSR count). The van der Waals surface area contributed by atoms with Crippen LogP contribution in [-0.2, 0) is 10.0 Å². The number of nitrogens with one attached hydrogen (secondary N) is 2. The molecule has 0 aliphatic heterocycles. The topological polar surface area (TPSA) is 101 Å². The summed E-state index contributed by atoms with van der Waals surface area (Å²) in [7, 11) is -3.62. The minimum atomic E-state index is -3.62. The lowest BCUT2D eigenvalue weighted by atomic mass is 10.2. The first-order valence-electron chi connectivity index (χ1n) is 6.04. The first kappa shape index (κ1) is 15.6. The molecule has 106 valence electrons. The van der Waals surface area contributed by atoms with Crippen molar-refractivity contribution in [3.8, 4) is 0 Å². The van der Waals surface area contributed by atoms with Gasteiger partial charge in [-0.05, 0) is 31.5 Å². The van der Waals surface area contributed by atoms with E-state index >= 15 is 0 Å². The number of rotatable bonds is 6. The molecule has 0 unspecified atom stereocenters. The first-order chi connectivity index (χ1) is 8.90. The summed E-state index contributed by atoms with van der Waals surface area (Å²) < 4.78 is 26.8. The van der Waals surface area contributed by atoms with E-state index in [0.29, 0.717) is 0 Å². The van der Waals surface area contributed by atoms with Crippen LogP contribution in [0.15, 0.2) is 29.2 Å². The molecule has 0 radical (unpaired) electrons. The van der Waals surface area contributed by atoms with Gasteiger partial charge in [-0.25, -0.2) is 19.0 Å². The van der Waals surface area contributed by atoms with Gasteiger partial charge in [0.15, 0.2) is 0 Å². The van der Waals surface area contributed by atoms with Crippen LogP contribution >= 0.6 is 0 Å². The fraction of sp³-hybridized carbons (Fsp3) is 0.417. The number of amides is 1. The van der Waals surface area contributed by atoms with Gasteiger partial charge >= 0.3 is 0 Å². The van der Waals surface area contributed by atoms with Gasteiger partial charge in [-0.2, -0.15) is 0 Å². The van der Waals surface area contributed by atoms with Crippen molar-refractivity contribution < 1.29 is 13.2 Å². The van der Waals surface area contributed by atoms with Gasteiger partial charge in [0.1, 0.15) is 0 Å². The fourth-order valence-electron chi connectivity index (χ4n) is 1.71. The third kappa shape index (κ3) is 4.30. The van der Waals surface area contributed by atoms with Gasteiger partial charge in [-0.1, -0.05) is 19.4 Å². The third-order valence-corrected chi connectivity index (χ3v) is 4.20. The van der Waals surface area contributed by atoms with Crippen molar-refractivity contribution in [3.63, 3.8) is 0 Å². The number of sulfonamides is 1. The molecule has 1 amide bonds. The minimum absolute atomic E-state index is 0.0524. The molecule has 6 nitrogen and oxygen atoms in total. The summed E-state index contributed by atoms with van der Waals surface area (Å²) in [6.45, 7) is 3.79. The molecular weight excluding hydrogens is 266 g/mol. The van der Waals surface area contributed by atoms with Crippen LogP contribution in [0.1, 0.15) is 37.0 Å². The molecule has 0 fully saturated rings. The monoisotopic (exact) mass is 285 g/mol. The number of hydrazine groups is 1. The molecule has 1 atom stereocenters. The predicted octanol–water partition coefficient (Wildman–Crippen LogP) is 0.757. The molecule has 0 heterocycles. The van der Waals surface area contributed by atoms with Gasteiger partial charge in [0.05, 0.1) is 4.90 Å². The average Bonchev–Trinajstić information content (AvgIpc) is 2.37. The van der Waals surface area contributed by atoms with Crippen molar-refractivity contribution in [2.24, 2.45) is 5.84 Å². The number of nitrogens with two attached hydrogens (primary N) is 1. The second kappa shape index (κ2) is 6.65. The molecule has 0 saturated heterocycles. The van der Waals surface area contributed by atoms with E-state index in [1.54, 1.807) is 6.92 Å². The highest BCUT2D eigenvalue weighted by molar-refractivity contribution is 7.89. The van der Waals surface area contributed by atoms with Crippen LogP contribution in [0.5, 0.6) is 0 Å². The fourth-order valence-corrected chi connectivity index (χ4v) is 3.04. The number of benzene rings is 1. The largest absolute Gasteiger partial charge is 0.290 e. The highest BCUT2D eigenvalue weighted by atomic mass is 32.2. The second-order valence-corrected chi connectivity index (χ2v) is 6.03. The summed E-state index contributed by atoms with van der Waals surface area (Å²) in [4.78, 5) is 11.4. The lowest BCUT2D eigenvalue weighted by molar-refractivity contribution is 0.0953. The van der Waals surface area contributed by atoms with Crippen LogP contribution in [0.25, 0.3) is 0 Å². The molecule has 7 heteroatoms. The quantitative estimate of drug-likeness (QED) is 0.408.